The zero-order chi connectivity index (χ0) is 15.1. The highest BCUT2D eigenvalue weighted by Gasteiger charge is 2.20. The molecule has 110 valence electrons. The Morgan fingerprint density at radius 2 is 1.15 bits per heavy atom. The van der Waals surface area contributed by atoms with Crippen LogP contribution in [0.4, 0.5) is 0 Å². The average Bonchev–Trinajstić information content (AvgIpc) is 2.41. The molecule has 6 heteroatoms. The minimum absolute atomic E-state index is 0.0522. The molecule has 0 amide bonds. The predicted octanol–water partition coefficient (Wildman–Crippen LogP) is 0.933. The second kappa shape index (κ2) is 7.62. The number of rotatable bonds is 8. The van der Waals surface area contributed by atoms with E-state index < -0.39 is 11.9 Å². The number of carboxylic acid groups (broad SMARTS) is 2. The molecule has 20 heavy (non-hydrogen) atoms. The fourth-order valence-corrected chi connectivity index (χ4v) is 2.18. The predicted molar refractivity (Wildman–Crippen MR) is 71.2 cm³/mol. The van der Waals surface area contributed by atoms with Crippen LogP contribution in [0.1, 0.15) is 44.7 Å². The molecule has 0 aromatic heterocycles. The summed E-state index contributed by atoms with van der Waals surface area (Å²) in [5, 5.41) is 36.2. The van der Waals surface area contributed by atoms with Crippen LogP contribution in [-0.2, 0) is 12.8 Å². The van der Waals surface area contributed by atoms with E-state index in [2.05, 4.69) is 0 Å². The van der Waals surface area contributed by atoms with Gasteiger partial charge in [-0.05, 0) is 48.9 Å². The van der Waals surface area contributed by atoms with Crippen LogP contribution in [0.25, 0.3) is 0 Å². The number of carboxylic acids is 2. The van der Waals surface area contributed by atoms with E-state index >= 15 is 0 Å². The Kier molecular flexibility index (Phi) is 6.14. The lowest BCUT2D eigenvalue weighted by Crippen LogP contribution is -2.13. The van der Waals surface area contributed by atoms with Crippen molar-refractivity contribution in [1.82, 2.24) is 0 Å². The van der Waals surface area contributed by atoms with E-state index in [4.69, 9.17) is 10.2 Å². The van der Waals surface area contributed by atoms with Gasteiger partial charge in [0.05, 0.1) is 11.1 Å². The summed E-state index contributed by atoms with van der Waals surface area (Å²) in [6.45, 7) is -0.203. The molecule has 1 rings (SSSR count). The Labute approximate surface area is 116 Å². The van der Waals surface area contributed by atoms with E-state index in [1.54, 1.807) is 0 Å². The summed E-state index contributed by atoms with van der Waals surface area (Å²) in [5.74, 6) is -2.25. The van der Waals surface area contributed by atoms with E-state index in [0.717, 1.165) is 0 Å². The van der Waals surface area contributed by atoms with Crippen molar-refractivity contribution in [2.75, 3.05) is 13.2 Å². The number of aliphatic hydroxyl groups excluding tert-OH is 2. The number of aliphatic hydroxyl groups is 2. The lowest BCUT2D eigenvalue weighted by molar-refractivity contribution is 0.0678. The molecule has 0 heterocycles. The minimum atomic E-state index is -1.12. The zero-order valence-electron chi connectivity index (χ0n) is 11.0. The molecule has 0 saturated heterocycles. The van der Waals surface area contributed by atoms with Crippen LogP contribution in [0.3, 0.4) is 0 Å². The maximum Gasteiger partial charge on any atom is 0.335 e. The second-order valence-electron chi connectivity index (χ2n) is 4.38. The Bertz CT molecular complexity index is 450. The van der Waals surface area contributed by atoms with Gasteiger partial charge < -0.3 is 20.4 Å². The summed E-state index contributed by atoms with van der Waals surface area (Å²) in [7, 11) is 0. The highest BCUT2D eigenvalue weighted by atomic mass is 16.4. The highest BCUT2D eigenvalue weighted by Crippen LogP contribution is 2.23. The maximum atomic E-state index is 11.2. The first kappa shape index (κ1) is 16.1. The molecule has 1 aromatic carbocycles. The van der Waals surface area contributed by atoms with Crippen molar-refractivity contribution < 1.29 is 30.0 Å². The van der Waals surface area contributed by atoms with Gasteiger partial charge in [0, 0.05) is 13.2 Å². The Morgan fingerprint density at radius 1 is 0.800 bits per heavy atom. The number of hydrogen-bond donors (Lipinski definition) is 4. The molecule has 0 spiro atoms. The van der Waals surface area contributed by atoms with Gasteiger partial charge in [-0.15, -0.1) is 0 Å². The van der Waals surface area contributed by atoms with E-state index in [-0.39, 0.29) is 24.3 Å². The van der Waals surface area contributed by atoms with Crippen molar-refractivity contribution in [2.24, 2.45) is 0 Å². The second-order valence-corrected chi connectivity index (χ2v) is 4.38. The standard InChI is InChI=1S/C14H18O6/c15-7-1-3-9-10(4-2-8-16)12(14(19)20)6-5-11(9)13(17)18/h5-6,15-16H,1-4,7-8H2,(H,17,18)(H,19,20). The summed E-state index contributed by atoms with van der Waals surface area (Å²) < 4.78 is 0. The number of carbonyl (C=O) groups is 2. The molecule has 0 aliphatic rings. The van der Waals surface area contributed by atoms with E-state index in [1.807, 2.05) is 0 Å². The van der Waals surface area contributed by atoms with Crippen LogP contribution in [0, 0.1) is 0 Å². The molecule has 0 fully saturated rings. The van der Waals surface area contributed by atoms with E-state index in [0.29, 0.717) is 36.8 Å². The highest BCUT2D eigenvalue weighted by molar-refractivity contribution is 5.95. The summed E-state index contributed by atoms with van der Waals surface area (Å²) in [6, 6.07) is 2.56. The van der Waals surface area contributed by atoms with Gasteiger partial charge in [0.1, 0.15) is 0 Å². The molecule has 0 saturated carbocycles. The minimum Gasteiger partial charge on any atom is -0.478 e. The van der Waals surface area contributed by atoms with Gasteiger partial charge in [0.25, 0.3) is 0 Å². The normalized spacial score (nSPS) is 10.5. The van der Waals surface area contributed by atoms with Gasteiger partial charge in [0.15, 0.2) is 0 Å². The first-order valence-corrected chi connectivity index (χ1v) is 6.36. The average molecular weight is 282 g/mol. The third-order valence-electron chi connectivity index (χ3n) is 3.06. The van der Waals surface area contributed by atoms with Gasteiger partial charge in [-0.2, -0.15) is 0 Å². The SMILES string of the molecule is O=C(O)c1ccc(C(=O)O)c(CCCO)c1CCCO. The van der Waals surface area contributed by atoms with Gasteiger partial charge in [0.2, 0.25) is 0 Å². The lowest BCUT2D eigenvalue weighted by atomic mass is 9.90. The number of hydrogen-bond acceptors (Lipinski definition) is 4. The summed E-state index contributed by atoms with van der Waals surface area (Å²) in [4.78, 5) is 22.5. The topological polar surface area (TPSA) is 115 Å². The maximum absolute atomic E-state index is 11.2. The molecule has 4 N–H and O–H groups in total. The Morgan fingerprint density at radius 3 is 1.40 bits per heavy atom. The zero-order valence-corrected chi connectivity index (χ0v) is 11.0. The molecule has 1 aromatic rings. The quantitative estimate of drug-likeness (QED) is 0.564. The summed E-state index contributed by atoms with van der Waals surface area (Å²) >= 11 is 0. The van der Waals surface area contributed by atoms with Crippen molar-refractivity contribution in [1.29, 1.82) is 0 Å². The van der Waals surface area contributed by atoms with Crippen LogP contribution < -0.4 is 0 Å². The lowest BCUT2D eigenvalue weighted by Gasteiger charge is -2.15. The van der Waals surface area contributed by atoms with Crippen molar-refractivity contribution in [2.45, 2.75) is 25.7 Å². The van der Waals surface area contributed by atoms with Crippen LogP contribution in [0.5, 0.6) is 0 Å². The van der Waals surface area contributed by atoms with Gasteiger partial charge in [-0.25, -0.2) is 9.59 Å². The van der Waals surface area contributed by atoms with Crippen LogP contribution >= 0.6 is 0 Å². The molecule has 0 aliphatic carbocycles. The third kappa shape index (κ3) is 3.79. The van der Waals surface area contributed by atoms with Gasteiger partial charge >= 0.3 is 11.9 Å². The number of benzene rings is 1. The van der Waals surface area contributed by atoms with Crippen LogP contribution in [0.15, 0.2) is 12.1 Å². The van der Waals surface area contributed by atoms with Gasteiger partial charge in [-0.1, -0.05) is 0 Å². The first-order valence-electron chi connectivity index (χ1n) is 6.36. The number of aromatic carboxylic acids is 2. The molecule has 0 atom stereocenters. The Hall–Kier alpha value is -1.92. The van der Waals surface area contributed by atoms with Gasteiger partial charge in [-0.3, -0.25) is 0 Å². The monoisotopic (exact) mass is 282 g/mol. The molecule has 6 nitrogen and oxygen atoms in total. The summed E-state index contributed by atoms with van der Waals surface area (Å²) in [6.07, 6.45) is 1.30. The molecule has 0 bridgehead atoms. The molecule has 0 aliphatic heterocycles. The van der Waals surface area contributed by atoms with Crippen molar-refractivity contribution in [3.05, 3.63) is 34.4 Å². The largest absolute Gasteiger partial charge is 0.478 e. The summed E-state index contributed by atoms with van der Waals surface area (Å²) in [5.41, 5.74) is 0.965. The van der Waals surface area contributed by atoms with Crippen LogP contribution in [0.2, 0.25) is 0 Å². The fraction of sp³-hybridized carbons (Fsp3) is 0.429. The molecule has 0 unspecified atom stereocenters. The molecular formula is C14H18O6. The third-order valence-corrected chi connectivity index (χ3v) is 3.06. The van der Waals surface area contributed by atoms with E-state index in [1.165, 1.54) is 12.1 Å². The molecular weight excluding hydrogens is 264 g/mol. The van der Waals surface area contributed by atoms with Crippen molar-refractivity contribution in [3.63, 3.8) is 0 Å². The van der Waals surface area contributed by atoms with E-state index in [9.17, 15) is 19.8 Å². The Balaban J connectivity index is 3.37. The van der Waals surface area contributed by atoms with Crippen LogP contribution in [-0.4, -0.2) is 45.6 Å². The van der Waals surface area contributed by atoms with Crippen molar-refractivity contribution >= 4 is 11.9 Å². The molecule has 0 radical (unpaired) electrons. The van der Waals surface area contributed by atoms with Crippen molar-refractivity contribution in [3.8, 4) is 0 Å². The fourth-order valence-electron chi connectivity index (χ4n) is 2.18. The first-order chi connectivity index (χ1) is 9.52. The smallest absolute Gasteiger partial charge is 0.335 e.